The van der Waals surface area contributed by atoms with Gasteiger partial charge in [0, 0.05) is 50.2 Å². The van der Waals surface area contributed by atoms with E-state index in [1.54, 1.807) is 12.4 Å². The largest absolute Gasteiger partial charge is 0.391 e. The lowest BCUT2D eigenvalue weighted by Crippen LogP contribution is -2.53. The molecule has 0 spiro atoms. The number of nitrogens with one attached hydrogen (secondary N) is 1. The second-order valence-corrected chi connectivity index (χ2v) is 7.78. The van der Waals surface area contributed by atoms with Crippen LogP contribution in [-0.2, 0) is 16.1 Å². The average molecular weight is 414 g/mol. The molecule has 3 atom stereocenters. The maximum absolute atomic E-state index is 13.0. The van der Waals surface area contributed by atoms with Crippen molar-refractivity contribution in [2.24, 2.45) is 5.92 Å². The fraction of sp³-hybridized carbons (Fsp3) is 0.579. The number of tetrazole rings is 1. The summed E-state index contributed by atoms with van der Waals surface area (Å²) in [5.41, 5.74) is 1.12. The zero-order valence-electron chi connectivity index (χ0n) is 16.7. The van der Waals surface area contributed by atoms with Gasteiger partial charge in [0.25, 0.3) is 0 Å². The first-order valence-corrected chi connectivity index (χ1v) is 10.2. The summed E-state index contributed by atoms with van der Waals surface area (Å²) >= 11 is 0. The Morgan fingerprint density at radius 1 is 1.13 bits per heavy atom. The number of carbonyl (C=O) groups excluding carboxylic acids is 2. The lowest BCUT2D eigenvalue weighted by atomic mass is 9.83. The zero-order valence-corrected chi connectivity index (χ0v) is 16.7. The molecule has 2 aliphatic rings. The standard InChI is InChI=1S/C19H26N8O3/c28-17-11-14(1-2-16(17)22-18(29)12-27-13-21-23-24-27)19(30)26-9-7-25(8-10-26)15-3-5-20-6-4-15/h3-6,13-14,16-17,28H,1-2,7-12H2,(H,22,29)/t14-,16-,17-/m0/s1. The number of nitrogens with zero attached hydrogens (tertiary/aromatic N) is 7. The van der Waals surface area contributed by atoms with E-state index in [9.17, 15) is 14.7 Å². The van der Waals surface area contributed by atoms with Gasteiger partial charge >= 0.3 is 0 Å². The molecule has 1 aliphatic heterocycles. The molecule has 2 N–H and O–H groups in total. The van der Waals surface area contributed by atoms with Gasteiger partial charge in [-0.25, -0.2) is 4.68 Å². The Morgan fingerprint density at radius 2 is 1.90 bits per heavy atom. The van der Waals surface area contributed by atoms with Gasteiger partial charge in [0.05, 0.1) is 12.1 Å². The number of carbonyl (C=O) groups is 2. The van der Waals surface area contributed by atoms with E-state index in [0.29, 0.717) is 32.4 Å². The van der Waals surface area contributed by atoms with E-state index in [2.05, 4.69) is 30.7 Å². The molecule has 0 bridgehead atoms. The topological polar surface area (TPSA) is 129 Å². The van der Waals surface area contributed by atoms with Crippen LogP contribution in [0.15, 0.2) is 30.9 Å². The Morgan fingerprint density at radius 3 is 2.57 bits per heavy atom. The molecule has 160 valence electrons. The van der Waals surface area contributed by atoms with Crippen LogP contribution in [0.4, 0.5) is 5.69 Å². The smallest absolute Gasteiger partial charge is 0.242 e. The molecule has 30 heavy (non-hydrogen) atoms. The number of amides is 2. The third kappa shape index (κ3) is 4.73. The van der Waals surface area contributed by atoms with Crippen molar-refractivity contribution in [3.05, 3.63) is 30.9 Å². The Bertz CT molecular complexity index is 839. The van der Waals surface area contributed by atoms with Crippen LogP contribution in [0.3, 0.4) is 0 Å². The number of anilines is 1. The van der Waals surface area contributed by atoms with Gasteiger partial charge in [0.15, 0.2) is 0 Å². The molecule has 2 amide bonds. The van der Waals surface area contributed by atoms with Crippen LogP contribution in [0, 0.1) is 5.92 Å². The first-order valence-electron chi connectivity index (χ1n) is 10.2. The Hall–Kier alpha value is -3.08. The van der Waals surface area contributed by atoms with E-state index in [1.807, 2.05) is 17.0 Å². The van der Waals surface area contributed by atoms with Crippen LogP contribution < -0.4 is 10.2 Å². The summed E-state index contributed by atoms with van der Waals surface area (Å²) in [6.45, 7) is 2.89. The number of pyridine rings is 1. The number of rotatable bonds is 5. The summed E-state index contributed by atoms with van der Waals surface area (Å²) in [5, 5.41) is 24.0. The predicted octanol–water partition coefficient (Wildman–Crippen LogP) is -0.937. The minimum Gasteiger partial charge on any atom is -0.391 e. The number of aliphatic hydroxyl groups is 1. The second-order valence-electron chi connectivity index (χ2n) is 7.78. The SMILES string of the molecule is O=C(Cn1cnnn1)N[C@H]1CC[C@H](C(=O)N2CCN(c3ccncc3)CC2)C[C@@H]1O. The van der Waals surface area contributed by atoms with Crippen LogP contribution in [0.5, 0.6) is 0 Å². The summed E-state index contributed by atoms with van der Waals surface area (Å²) < 4.78 is 1.32. The van der Waals surface area contributed by atoms with Crippen LogP contribution in [0.2, 0.25) is 0 Å². The summed E-state index contributed by atoms with van der Waals surface area (Å²) in [5.74, 6) is -0.370. The van der Waals surface area contributed by atoms with Crippen LogP contribution >= 0.6 is 0 Å². The molecule has 1 aliphatic carbocycles. The highest BCUT2D eigenvalue weighted by molar-refractivity contribution is 5.79. The normalized spacial score (nSPS) is 24.5. The minimum atomic E-state index is -0.747. The number of piperazine rings is 1. The van der Waals surface area contributed by atoms with Gasteiger partial charge in [-0.05, 0) is 41.8 Å². The van der Waals surface area contributed by atoms with Gasteiger partial charge in [0.2, 0.25) is 11.8 Å². The molecular weight excluding hydrogens is 388 g/mol. The molecule has 1 saturated carbocycles. The molecule has 0 unspecified atom stereocenters. The van der Waals surface area contributed by atoms with E-state index < -0.39 is 6.10 Å². The maximum Gasteiger partial charge on any atom is 0.242 e. The third-order valence-corrected chi connectivity index (χ3v) is 5.83. The summed E-state index contributed by atoms with van der Waals surface area (Å²) in [6, 6.07) is 3.59. The van der Waals surface area contributed by atoms with E-state index in [0.717, 1.165) is 18.8 Å². The number of aromatic nitrogens is 5. The van der Waals surface area contributed by atoms with Gasteiger partial charge < -0.3 is 20.2 Å². The summed E-state index contributed by atoms with van der Waals surface area (Å²) in [6.07, 6.45) is 5.73. The Kier molecular flexibility index (Phi) is 6.17. The highest BCUT2D eigenvalue weighted by Crippen LogP contribution is 2.27. The molecule has 2 fully saturated rings. The molecule has 3 heterocycles. The lowest BCUT2D eigenvalue weighted by Gasteiger charge is -2.39. The van der Waals surface area contributed by atoms with Crippen molar-refractivity contribution < 1.29 is 14.7 Å². The van der Waals surface area contributed by atoms with Gasteiger partial charge in [-0.1, -0.05) is 0 Å². The number of aliphatic hydroxyl groups excluding tert-OH is 1. The highest BCUT2D eigenvalue weighted by Gasteiger charge is 2.36. The van der Waals surface area contributed by atoms with Crippen molar-refractivity contribution in [3.8, 4) is 0 Å². The predicted molar refractivity (Wildman–Crippen MR) is 106 cm³/mol. The second kappa shape index (κ2) is 9.16. The number of hydrogen-bond donors (Lipinski definition) is 2. The molecule has 11 nitrogen and oxygen atoms in total. The fourth-order valence-corrected chi connectivity index (χ4v) is 4.19. The molecule has 1 saturated heterocycles. The molecule has 11 heteroatoms. The summed E-state index contributed by atoms with van der Waals surface area (Å²) in [4.78, 5) is 33.3. The van der Waals surface area contributed by atoms with Gasteiger partial charge in [0.1, 0.15) is 12.9 Å². The number of hydrogen-bond acceptors (Lipinski definition) is 8. The van der Waals surface area contributed by atoms with Crippen LogP contribution in [-0.4, -0.2) is 85.3 Å². The van der Waals surface area contributed by atoms with Crippen molar-refractivity contribution in [2.75, 3.05) is 31.1 Å². The van der Waals surface area contributed by atoms with E-state index in [-0.39, 0.29) is 30.3 Å². The minimum absolute atomic E-state index is 0.000331. The third-order valence-electron chi connectivity index (χ3n) is 5.83. The molecule has 4 rings (SSSR count). The van der Waals surface area contributed by atoms with E-state index in [1.165, 1.54) is 11.0 Å². The van der Waals surface area contributed by atoms with Crippen molar-refractivity contribution in [1.29, 1.82) is 0 Å². The van der Waals surface area contributed by atoms with Crippen molar-refractivity contribution in [3.63, 3.8) is 0 Å². The molecular formula is C19H26N8O3. The monoisotopic (exact) mass is 414 g/mol. The lowest BCUT2D eigenvalue weighted by molar-refractivity contribution is -0.138. The van der Waals surface area contributed by atoms with Crippen LogP contribution in [0.25, 0.3) is 0 Å². The van der Waals surface area contributed by atoms with Gasteiger partial charge in [-0.3, -0.25) is 14.6 Å². The van der Waals surface area contributed by atoms with Gasteiger partial charge in [-0.15, -0.1) is 5.10 Å². The average Bonchev–Trinajstić information content (AvgIpc) is 3.28. The maximum atomic E-state index is 13.0. The first-order chi connectivity index (χ1) is 14.6. The molecule has 2 aromatic heterocycles. The molecule has 2 aromatic rings. The Balaban J connectivity index is 1.24. The van der Waals surface area contributed by atoms with E-state index in [4.69, 9.17) is 0 Å². The van der Waals surface area contributed by atoms with Crippen molar-refractivity contribution in [2.45, 2.75) is 38.0 Å². The first kappa shape index (κ1) is 20.2. The van der Waals surface area contributed by atoms with Gasteiger partial charge in [-0.2, -0.15) is 0 Å². The quantitative estimate of drug-likeness (QED) is 0.642. The van der Waals surface area contributed by atoms with Crippen molar-refractivity contribution >= 4 is 17.5 Å². The fourth-order valence-electron chi connectivity index (χ4n) is 4.19. The van der Waals surface area contributed by atoms with E-state index >= 15 is 0 Å². The molecule has 0 radical (unpaired) electrons. The van der Waals surface area contributed by atoms with Crippen LogP contribution in [0.1, 0.15) is 19.3 Å². The zero-order chi connectivity index (χ0) is 20.9. The summed E-state index contributed by atoms with van der Waals surface area (Å²) in [7, 11) is 0. The Labute approximate surface area is 174 Å². The van der Waals surface area contributed by atoms with Crippen molar-refractivity contribution in [1.82, 2.24) is 35.4 Å². The molecule has 0 aromatic carbocycles. The highest BCUT2D eigenvalue weighted by atomic mass is 16.3.